The van der Waals surface area contributed by atoms with Crippen LogP contribution >= 0.6 is 0 Å². The number of benzene rings is 1. The van der Waals surface area contributed by atoms with Crippen molar-refractivity contribution in [2.45, 2.75) is 26.7 Å². The number of hydrogen-bond acceptors (Lipinski definition) is 9. The van der Waals surface area contributed by atoms with Crippen LogP contribution in [0.5, 0.6) is 11.5 Å². The van der Waals surface area contributed by atoms with E-state index in [0.29, 0.717) is 38.4 Å². The zero-order valence-electron chi connectivity index (χ0n) is 19.1. The van der Waals surface area contributed by atoms with Gasteiger partial charge in [-0.3, -0.25) is 9.59 Å². The highest BCUT2D eigenvalue weighted by Crippen LogP contribution is 2.43. The lowest BCUT2D eigenvalue weighted by Crippen LogP contribution is -2.40. The van der Waals surface area contributed by atoms with E-state index in [9.17, 15) is 19.8 Å². The maximum absolute atomic E-state index is 12.8. The van der Waals surface area contributed by atoms with Crippen LogP contribution in [0.1, 0.15) is 53.2 Å². The van der Waals surface area contributed by atoms with E-state index >= 15 is 0 Å². The predicted octanol–water partition coefficient (Wildman–Crippen LogP) is 2.75. The molecule has 1 fully saturated rings. The number of morpholine rings is 1. The van der Waals surface area contributed by atoms with Gasteiger partial charge in [-0.1, -0.05) is 24.2 Å². The summed E-state index contributed by atoms with van der Waals surface area (Å²) in [6.07, 6.45) is 0. The summed E-state index contributed by atoms with van der Waals surface area (Å²) in [7, 11) is 0. The summed E-state index contributed by atoms with van der Waals surface area (Å²) in [5.74, 6) is -1.13. The van der Waals surface area contributed by atoms with E-state index in [1.54, 1.807) is 17.9 Å². The van der Waals surface area contributed by atoms with Gasteiger partial charge >= 0.3 is 0 Å². The molecule has 0 bridgehead atoms. The van der Waals surface area contributed by atoms with E-state index < -0.39 is 5.91 Å². The zero-order valence-corrected chi connectivity index (χ0v) is 19.1. The second-order valence-corrected chi connectivity index (χ2v) is 8.16. The highest BCUT2D eigenvalue weighted by molar-refractivity contribution is 6.02. The first-order valence-electron chi connectivity index (χ1n) is 11.0. The maximum atomic E-state index is 12.8. The second kappa shape index (κ2) is 9.56. The molecule has 11 nitrogen and oxygen atoms in total. The first-order chi connectivity index (χ1) is 16.3. The Kier molecular flexibility index (Phi) is 6.55. The fourth-order valence-electron chi connectivity index (χ4n) is 3.76. The largest absolute Gasteiger partial charge is 0.508 e. The average Bonchev–Trinajstić information content (AvgIpc) is 3.46. The summed E-state index contributed by atoms with van der Waals surface area (Å²) >= 11 is 0. The molecule has 1 aromatic carbocycles. The summed E-state index contributed by atoms with van der Waals surface area (Å²) in [6, 6.07) is 4.19. The van der Waals surface area contributed by atoms with Crippen LogP contribution in [0.25, 0.3) is 22.6 Å². The smallest absolute Gasteiger partial charge is 0.276 e. The van der Waals surface area contributed by atoms with Crippen LogP contribution < -0.4 is 5.32 Å². The van der Waals surface area contributed by atoms with Crippen molar-refractivity contribution >= 4 is 11.8 Å². The molecule has 0 aliphatic carbocycles. The van der Waals surface area contributed by atoms with Crippen molar-refractivity contribution < 1.29 is 33.6 Å². The van der Waals surface area contributed by atoms with Crippen molar-refractivity contribution in [2.75, 3.05) is 32.8 Å². The molecule has 0 unspecified atom stereocenters. The monoisotopic (exact) mass is 470 g/mol. The van der Waals surface area contributed by atoms with Gasteiger partial charge in [-0.05, 0) is 24.5 Å². The minimum Gasteiger partial charge on any atom is -0.508 e. The van der Waals surface area contributed by atoms with Gasteiger partial charge in [0.05, 0.1) is 18.8 Å². The summed E-state index contributed by atoms with van der Waals surface area (Å²) in [5.41, 5.74) is 0.878. The number of ether oxygens (including phenoxy) is 1. The number of carbonyl (C=O) groups is 2. The molecule has 34 heavy (non-hydrogen) atoms. The standard InChI is InChI=1S/C23H26N4O7/c1-4-24-22(30)20-19(18-10-15(25-33-18)23(31)27-5-7-32-8-6-27)21(34-26-20)14-9-13(12(2)3)16(28)11-17(14)29/h9-12,28-29H,4-8H2,1-3H3,(H,24,30). The van der Waals surface area contributed by atoms with Crippen LogP contribution in [0.2, 0.25) is 0 Å². The van der Waals surface area contributed by atoms with Gasteiger partial charge in [0.1, 0.15) is 17.1 Å². The molecule has 3 N–H and O–H groups in total. The van der Waals surface area contributed by atoms with E-state index in [-0.39, 0.29) is 57.4 Å². The Hall–Kier alpha value is -3.86. The minimum atomic E-state index is -0.521. The molecule has 0 saturated carbocycles. The van der Waals surface area contributed by atoms with Gasteiger partial charge in [0.2, 0.25) is 0 Å². The molecule has 0 atom stereocenters. The van der Waals surface area contributed by atoms with Crippen molar-refractivity contribution in [1.29, 1.82) is 0 Å². The van der Waals surface area contributed by atoms with Gasteiger partial charge in [-0.15, -0.1) is 0 Å². The lowest BCUT2D eigenvalue weighted by molar-refractivity contribution is 0.0296. The highest BCUT2D eigenvalue weighted by Gasteiger charge is 2.31. The van der Waals surface area contributed by atoms with E-state index in [1.165, 1.54) is 12.1 Å². The van der Waals surface area contributed by atoms with E-state index in [2.05, 4.69) is 15.6 Å². The van der Waals surface area contributed by atoms with E-state index in [0.717, 1.165) is 0 Å². The van der Waals surface area contributed by atoms with Crippen molar-refractivity contribution in [2.24, 2.45) is 0 Å². The molecule has 1 saturated heterocycles. The molecule has 1 aliphatic heterocycles. The Morgan fingerprint density at radius 2 is 1.82 bits per heavy atom. The molecule has 3 aromatic rings. The molecule has 11 heteroatoms. The van der Waals surface area contributed by atoms with Crippen molar-refractivity contribution in [3.63, 3.8) is 0 Å². The minimum absolute atomic E-state index is 0.0437. The molecular weight excluding hydrogens is 444 g/mol. The third kappa shape index (κ3) is 4.34. The molecule has 180 valence electrons. The quantitative estimate of drug-likeness (QED) is 0.494. The van der Waals surface area contributed by atoms with Crippen molar-refractivity contribution in [1.82, 2.24) is 20.5 Å². The van der Waals surface area contributed by atoms with Crippen molar-refractivity contribution in [3.05, 3.63) is 35.2 Å². The summed E-state index contributed by atoms with van der Waals surface area (Å²) in [5, 5.41) is 31.3. The van der Waals surface area contributed by atoms with Gasteiger partial charge in [-0.2, -0.15) is 0 Å². The Morgan fingerprint density at radius 1 is 1.09 bits per heavy atom. The molecule has 2 amide bonds. The lowest BCUT2D eigenvalue weighted by atomic mass is 9.95. The number of nitrogens with zero attached hydrogens (tertiary/aromatic N) is 3. The Morgan fingerprint density at radius 3 is 2.50 bits per heavy atom. The van der Waals surface area contributed by atoms with Crippen LogP contribution in [0.4, 0.5) is 0 Å². The number of rotatable bonds is 6. The van der Waals surface area contributed by atoms with Crippen molar-refractivity contribution in [3.8, 4) is 34.1 Å². The molecule has 2 aromatic heterocycles. The third-order valence-corrected chi connectivity index (χ3v) is 5.53. The predicted molar refractivity (Wildman–Crippen MR) is 120 cm³/mol. The normalized spacial score (nSPS) is 13.9. The fourth-order valence-corrected chi connectivity index (χ4v) is 3.76. The van der Waals surface area contributed by atoms with Crippen LogP contribution in [0.3, 0.4) is 0 Å². The number of hydrogen-bond donors (Lipinski definition) is 3. The molecule has 1 aliphatic rings. The number of nitrogens with one attached hydrogen (secondary N) is 1. The average molecular weight is 470 g/mol. The van der Waals surface area contributed by atoms with E-state index in [4.69, 9.17) is 13.8 Å². The van der Waals surface area contributed by atoms with Gasteiger partial charge in [0.25, 0.3) is 11.8 Å². The van der Waals surface area contributed by atoms with Gasteiger partial charge in [-0.25, -0.2) is 0 Å². The number of amides is 2. The van der Waals surface area contributed by atoms with Crippen LogP contribution in [-0.4, -0.2) is 70.1 Å². The van der Waals surface area contributed by atoms with Gasteiger partial charge < -0.3 is 34.2 Å². The van der Waals surface area contributed by atoms with E-state index in [1.807, 2.05) is 13.8 Å². The molecular formula is C23H26N4O7. The number of aromatic hydroxyl groups is 2. The third-order valence-electron chi connectivity index (χ3n) is 5.53. The lowest BCUT2D eigenvalue weighted by Gasteiger charge is -2.25. The Balaban J connectivity index is 1.82. The topological polar surface area (TPSA) is 151 Å². The SMILES string of the molecule is CCNC(=O)c1noc(-c2cc(C(C)C)c(O)cc2O)c1-c1cc(C(=O)N2CCOCC2)no1. The first-order valence-corrected chi connectivity index (χ1v) is 11.0. The molecule has 4 rings (SSSR count). The highest BCUT2D eigenvalue weighted by atomic mass is 16.5. The number of carbonyl (C=O) groups excluding carboxylic acids is 2. The summed E-state index contributed by atoms with van der Waals surface area (Å²) < 4.78 is 16.2. The van der Waals surface area contributed by atoms with Crippen LogP contribution in [0, 0.1) is 0 Å². The maximum Gasteiger partial charge on any atom is 0.276 e. The number of aromatic nitrogens is 2. The summed E-state index contributed by atoms with van der Waals surface area (Å²) in [4.78, 5) is 27.1. The Bertz CT molecular complexity index is 1210. The Labute approximate surface area is 195 Å². The number of phenolic OH excluding ortho intramolecular Hbond substituents is 2. The molecule has 0 spiro atoms. The van der Waals surface area contributed by atoms with Crippen LogP contribution in [-0.2, 0) is 4.74 Å². The second-order valence-electron chi connectivity index (χ2n) is 8.16. The van der Waals surface area contributed by atoms with Crippen LogP contribution in [0.15, 0.2) is 27.2 Å². The molecule has 3 heterocycles. The molecule has 0 radical (unpaired) electrons. The fraction of sp³-hybridized carbons (Fsp3) is 0.391. The number of phenols is 2. The van der Waals surface area contributed by atoms with Gasteiger partial charge in [0, 0.05) is 31.8 Å². The first kappa shape index (κ1) is 23.3. The van der Waals surface area contributed by atoms with Gasteiger partial charge in [0.15, 0.2) is 22.9 Å². The summed E-state index contributed by atoms with van der Waals surface area (Å²) in [6.45, 7) is 7.62. The zero-order chi connectivity index (χ0) is 24.4.